The number of nitrogens with zero attached hydrogens (tertiary/aromatic N) is 2. The Morgan fingerprint density at radius 2 is 2.20 bits per heavy atom. The molecule has 2 unspecified atom stereocenters. The fourth-order valence-electron chi connectivity index (χ4n) is 2.83. The summed E-state index contributed by atoms with van der Waals surface area (Å²) in [6, 6.07) is -0.421. The van der Waals surface area contributed by atoms with Crippen molar-refractivity contribution in [1.29, 1.82) is 0 Å². The van der Waals surface area contributed by atoms with Gasteiger partial charge in [0.25, 0.3) is 0 Å². The molecule has 0 aliphatic carbocycles. The molecule has 1 aromatic rings. The number of carbonyl (C=O) groups is 2. The van der Waals surface area contributed by atoms with Crippen LogP contribution in [0, 0.1) is 5.92 Å². The number of rotatable bonds is 2. The highest BCUT2D eigenvalue weighted by Gasteiger charge is 2.43. The molecule has 0 radical (unpaired) electrons. The van der Waals surface area contributed by atoms with Crippen molar-refractivity contribution in [3.63, 3.8) is 0 Å². The van der Waals surface area contributed by atoms with Gasteiger partial charge in [0.15, 0.2) is 0 Å². The molecule has 0 aromatic carbocycles. The number of thiazole rings is 1. The zero-order chi connectivity index (χ0) is 14.9. The molecule has 1 saturated heterocycles. The zero-order valence-corrected chi connectivity index (χ0v) is 12.8. The Morgan fingerprint density at radius 3 is 2.70 bits per heavy atom. The molecule has 1 aliphatic rings. The maximum absolute atomic E-state index is 12.5. The van der Waals surface area contributed by atoms with Crippen LogP contribution in [0.25, 0.3) is 0 Å². The molecule has 2 rings (SSSR count). The van der Waals surface area contributed by atoms with Gasteiger partial charge in [-0.1, -0.05) is 0 Å². The maximum atomic E-state index is 12.5. The van der Waals surface area contributed by atoms with Crippen LogP contribution in [-0.4, -0.2) is 32.4 Å². The van der Waals surface area contributed by atoms with E-state index in [-0.39, 0.29) is 5.91 Å². The second-order valence-electron chi connectivity index (χ2n) is 6.12. The SMILES string of the molecule is CC(C)(C)N1C(=O)CCCC(C(=O)O)C1c1cncs1. The molecule has 20 heavy (non-hydrogen) atoms. The Labute approximate surface area is 122 Å². The van der Waals surface area contributed by atoms with Crippen LogP contribution < -0.4 is 0 Å². The molecule has 2 heterocycles. The van der Waals surface area contributed by atoms with Crippen LogP contribution in [0.2, 0.25) is 0 Å². The number of likely N-dealkylation sites (tertiary alicyclic amines) is 1. The minimum atomic E-state index is -0.840. The number of hydrogen-bond donors (Lipinski definition) is 1. The largest absolute Gasteiger partial charge is 0.481 e. The monoisotopic (exact) mass is 296 g/mol. The summed E-state index contributed by atoms with van der Waals surface area (Å²) in [5.41, 5.74) is 1.27. The smallest absolute Gasteiger partial charge is 0.308 e. The number of hydrogen-bond acceptors (Lipinski definition) is 4. The highest BCUT2D eigenvalue weighted by molar-refractivity contribution is 7.09. The third-order valence-corrected chi connectivity index (χ3v) is 4.46. The van der Waals surface area contributed by atoms with Gasteiger partial charge in [-0.15, -0.1) is 11.3 Å². The zero-order valence-electron chi connectivity index (χ0n) is 12.0. The van der Waals surface area contributed by atoms with E-state index >= 15 is 0 Å². The summed E-state index contributed by atoms with van der Waals surface area (Å²) >= 11 is 1.41. The molecule has 110 valence electrons. The van der Waals surface area contributed by atoms with Gasteiger partial charge in [0.2, 0.25) is 5.91 Å². The molecule has 1 fully saturated rings. The van der Waals surface area contributed by atoms with Crippen molar-refractivity contribution in [1.82, 2.24) is 9.88 Å². The number of amides is 1. The molecule has 0 bridgehead atoms. The molecule has 2 atom stereocenters. The van der Waals surface area contributed by atoms with Gasteiger partial charge in [-0.25, -0.2) is 0 Å². The summed E-state index contributed by atoms with van der Waals surface area (Å²) in [5.74, 6) is -1.38. The molecule has 5 nitrogen and oxygen atoms in total. The lowest BCUT2D eigenvalue weighted by atomic mass is 9.91. The van der Waals surface area contributed by atoms with E-state index in [0.717, 1.165) is 4.88 Å². The first-order chi connectivity index (χ1) is 9.32. The van der Waals surface area contributed by atoms with Gasteiger partial charge in [-0.3, -0.25) is 14.6 Å². The first kappa shape index (κ1) is 15.0. The molecule has 1 aromatic heterocycles. The minimum Gasteiger partial charge on any atom is -0.481 e. The van der Waals surface area contributed by atoms with Gasteiger partial charge in [-0.2, -0.15) is 0 Å². The highest BCUT2D eigenvalue weighted by Crippen LogP contribution is 2.41. The molecule has 1 amide bonds. The first-order valence-electron chi connectivity index (χ1n) is 6.75. The van der Waals surface area contributed by atoms with Crippen LogP contribution >= 0.6 is 11.3 Å². The molecular formula is C14H20N2O3S. The van der Waals surface area contributed by atoms with Crippen LogP contribution in [0.3, 0.4) is 0 Å². The standard InChI is InChI=1S/C14H20N2O3S/c1-14(2,3)16-11(17)6-4-5-9(13(18)19)12(16)10-7-15-8-20-10/h7-9,12H,4-6H2,1-3H3,(H,18,19). The Kier molecular flexibility index (Phi) is 4.13. The van der Waals surface area contributed by atoms with Gasteiger partial charge in [-0.05, 0) is 33.6 Å². The van der Waals surface area contributed by atoms with Gasteiger partial charge in [0, 0.05) is 23.0 Å². The fourth-order valence-corrected chi connectivity index (χ4v) is 3.61. The van der Waals surface area contributed by atoms with Gasteiger partial charge in [0.05, 0.1) is 17.5 Å². The number of aromatic nitrogens is 1. The van der Waals surface area contributed by atoms with Gasteiger partial charge >= 0.3 is 5.97 Å². The summed E-state index contributed by atoms with van der Waals surface area (Å²) in [6.45, 7) is 5.84. The maximum Gasteiger partial charge on any atom is 0.308 e. The summed E-state index contributed by atoms with van der Waals surface area (Å²) in [5, 5.41) is 9.55. The van der Waals surface area contributed by atoms with Crippen molar-refractivity contribution in [2.24, 2.45) is 5.92 Å². The van der Waals surface area contributed by atoms with Crippen LogP contribution in [0.1, 0.15) is 51.0 Å². The number of aliphatic carboxylic acids is 1. The van der Waals surface area contributed by atoms with Crippen molar-refractivity contribution < 1.29 is 14.7 Å². The van der Waals surface area contributed by atoms with E-state index in [2.05, 4.69) is 4.98 Å². The van der Waals surface area contributed by atoms with Crippen molar-refractivity contribution in [3.8, 4) is 0 Å². The van der Waals surface area contributed by atoms with Gasteiger partial charge < -0.3 is 10.0 Å². The van der Waals surface area contributed by atoms with E-state index in [1.165, 1.54) is 11.3 Å². The predicted molar refractivity (Wildman–Crippen MR) is 76.4 cm³/mol. The van der Waals surface area contributed by atoms with E-state index in [0.29, 0.717) is 19.3 Å². The third-order valence-electron chi connectivity index (χ3n) is 3.62. The average Bonchev–Trinajstić information content (AvgIpc) is 2.77. The highest BCUT2D eigenvalue weighted by atomic mass is 32.1. The van der Waals surface area contributed by atoms with Crippen molar-refractivity contribution in [3.05, 3.63) is 16.6 Å². The topological polar surface area (TPSA) is 70.5 Å². The van der Waals surface area contributed by atoms with E-state index < -0.39 is 23.5 Å². The number of carbonyl (C=O) groups excluding carboxylic acids is 1. The summed E-state index contributed by atoms with van der Waals surface area (Å²) < 4.78 is 0. The summed E-state index contributed by atoms with van der Waals surface area (Å²) in [4.78, 5) is 30.7. The lowest BCUT2D eigenvalue weighted by Crippen LogP contribution is -2.49. The quantitative estimate of drug-likeness (QED) is 0.911. The van der Waals surface area contributed by atoms with E-state index in [4.69, 9.17) is 0 Å². The summed E-state index contributed by atoms with van der Waals surface area (Å²) in [6.07, 6.45) is 3.24. The van der Waals surface area contributed by atoms with Crippen LogP contribution in [0.15, 0.2) is 11.7 Å². The first-order valence-corrected chi connectivity index (χ1v) is 7.63. The third kappa shape index (κ3) is 2.85. The molecule has 0 saturated carbocycles. The Morgan fingerprint density at radius 1 is 1.50 bits per heavy atom. The second kappa shape index (κ2) is 5.52. The van der Waals surface area contributed by atoms with E-state index in [9.17, 15) is 14.7 Å². The summed E-state index contributed by atoms with van der Waals surface area (Å²) in [7, 11) is 0. The van der Waals surface area contributed by atoms with E-state index in [1.807, 2.05) is 20.8 Å². The second-order valence-corrected chi connectivity index (χ2v) is 7.04. The molecule has 0 spiro atoms. The normalized spacial score (nSPS) is 24.6. The molecule has 6 heteroatoms. The minimum absolute atomic E-state index is 0.0275. The lowest BCUT2D eigenvalue weighted by Gasteiger charge is -2.42. The molecular weight excluding hydrogens is 276 g/mol. The Hall–Kier alpha value is -1.43. The number of carboxylic acid groups (broad SMARTS) is 1. The van der Waals surface area contributed by atoms with Crippen molar-refractivity contribution >= 4 is 23.2 Å². The molecule has 1 aliphatic heterocycles. The van der Waals surface area contributed by atoms with Crippen LogP contribution in [0.4, 0.5) is 0 Å². The molecule has 1 N–H and O–H groups in total. The predicted octanol–water partition coefficient (Wildman–Crippen LogP) is 2.70. The fraction of sp³-hybridized carbons (Fsp3) is 0.643. The Balaban J connectivity index is 2.52. The van der Waals surface area contributed by atoms with Crippen LogP contribution in [0.5, 0.6) is 0 Å². The average molecular weight is 296 g/mol. The Bertz CT molecular complexity index is 493. The van der Waals surface area contributed by atoms with Crippen LogP contribution in [-0.2, 0) is 9.59 Å². The number of carboxylic acids is 1. The van der Waals surface area contributed by atoms with Gasteiger partial charge in [0.1, 0.15) is 0 Å². The van der Waals surface area contributed by atoms with Crippen molar-refractivity contribution in [2.45, 2.75) is 51.6 Å². The van der Waals surface area contributed by atoms with Crippen molar-refractivity contribution in [2.75, 3.05) is 0 Å². The lowest BCUT2D eigenvalue weighted by molar-refractivity contribution is -0.148. The van der Waals surface area contributed by atoms with E-state index in [1.54, 1.807) is 16.6 Å².